The normalized spacial score (nSPS) is 11.1. The van der Waals surface area contributed by atoms with Crippen molar-refractivity contribution in [3.63, 3.8) is 0 Å². The van der Waals surface area contributed by atoms with Gasteiger partial charge in [-0.2, -0.15) is 0 Å². The fraction of sp³-hybridized carbons (Fsp3) is 0.158. The molecule has 1 aromatic carbocycles. The van der Waals surface area contributed by atoms with Crippen LogP contribution in [0.25, 0.3) is 20.9 Å². The number of aromatic nitrogens is 4. The van der Waals surface area contributed by atoms with Gasteiger partial charge in [0.05, 0.1) is 12.2 Å². The minimum atomic E-state index is -0.0937. The van der Waals surface area contributed by atoms with E-state index >= 15 is 0 Å². The zero-order valence-electron chi connectivity index (χ0n) is 14.6. The molecule has 0 aliphatic heterocycles. The number of hydrogen-bond donors (Lipinski definition) is 0. The number of aryl methyl sites for hydroxylation is 1. The van der Waals surface area contributed by atoms with Crippen LogP contribution in [-0.2, 0) is 13.1 Å². The summed E-state index contributed by atoms with van der Waals surface area (Å²) >= 11 is 8.22. The van der Waals surface area contributed by atoms with Crippen LogP contribution in [0.2, 0.25) is 0 Å². The lowest BCUT2D eigenvalue weighted by atomic mass is 10.2. The van der Waals surface area contributed by atoms with E-state index in [-0.39, 0.29) is 5.56 Å². The predicted molar refractivity (Wildman–Crippen MR) is 114 cm³/mol. The third-order valence-electron chi connectivity index (χ3n) is 4.14. The van der Waals surface area contributed by atoms with Crippen molar-refractivity contribution in [1.82, 2.24) is 19.1 Å². The standard InChI is InChI=1S/C19H16N4OS3/c1-3-8-23-16-15(27-19(23)25)18(24)22(11-20-16)9-14-10-26-17(21-14)13-6-4-12(2)5-7-13/h3-7,10-11H,1,8-9H2,2H3. The van der Waals surface area contributed by atoms with Crippen LogP contribution in [0.5, 0.6) is 0 Å². The van der Waals surface area contributed by atoms with Gasteiger partial charge in [-0.05, 0) is 19.1 Å². The lowest BCUT2D eigenvalue weighted by Crippen LogP contribution is -2.21. The first kappa shape index (κ1) is 18.0. The van der Waals surface area contributed by atoms with E-state index in [0.29, 0.717) is 27.4 Å². The number of nitrogens with zero attached hydrogens (tertiary/aromatic N) is 4. The van der Waals surface area contributed by atoms with Crippen LogP contribution in [0.1, 0.15) is 11.3 Å². The van der Waals surface area contributed by atoms with E-state index in [1.54, 1.807) is 28.3 Å². The van der Waals surface area contributed by atoms with Gasteiger partial charge in [0, 0.05) is 17.5 Å². The molecule has 3 heterocycles. The first-order valence-electron chi connectivity index (χ1n) is 8.28. The third-order valence-corrected chi connectivity index (χ3v) is 6.50. The molecule has 0 radical (unpaired) electrons. The smallest absolute Gasteiger partial charge is 0.273 e. The summed E-state index contributed by atoms with van der Waals surface area (Å²) in [6.07, 6.45) is 3.31. The molecule has 0 spiro atoms. The van der Waals surface area contributed by atoms with Gasteiger partial charge >= 0.3 is 0 Å². The molecule has 5 nitrogen and oxygen atoms in total. The van der Waals surface area contributed by atoms with Gasteiger partial charge in [0.1, 0.15) is 16.0 Å². The van der Waals surface area contributed by atoms with E-state index in [1.807, 2.05) is 9.95 Å². The maximum atomic E-state index is 12.8. The number of allylic oxidation sites excluding steroid dienone is 1. The Morgan fingerprint density at radius 2 is 2.07 bits per heavy atom. The summed E-state index contributed by atoms with van der Waals surface area (Å²) in [5.41, 5.74) is 3.66. The van der Waals surface area contributed by atoms with E-state index < -0.39 is 0 Å². The van der Waals surface area contributed by atoms with Gasteiger partial charge in [-0.3, -0.25) is 9.36 Å². The molecule has 136 valence electrons. The average molecular weight is 413 g/mol. The van der Waals surface area contributed by atoms with E-state index in [0.717, 1.165) is 16.3 Å². The Bertz CT molecular complexity index is 1240. The van der Waals surface area contributed by atoms with Crippen molar-refractivity contribution in [1.29, 1.82) is 0 Å². The molecule has 3 aromatic heterocycles. The van der Waals surface area contributed by atoms with Crippen LogP contribution in [0.15, 0.2) is 53.4 Å². The second-order valence-corrected chi connectivity index (χ2v) is 8.61. The summed E-state index contributed by atoms with van der Waals surface area (Å²) in [6, 6.07) is 8.26. The topological polar surface area (TPSA) is 52.7 Å². The average Bonchev–Trinajstić information content (AvgIpc) is 3.24. The summed E-state index contributed by atoms with van der Waals surface area (Å²) in [4.78, 5) is 22.0. The monoisotopic (exact) mass is 412 g/mol. The Balaban J connectivity index is 1.67. The third kappa shape index (κ3) is 3.43. The molecule has 4 rings (SSSR count). The van der Waals surface area contributed by atoms with Crippen molar-refractivity contribution in [2.24, 2.45) is 0 Å². The molecule has 0 bridgehead atoms. The highest BCUT2D eigenvalue weighted by Crippen LogP contribution is 2.24. The van der Waals surface area contributed by atoms with Gasteiger partial charge in [0.15, 0.2) is 9.60 Å². The van der Waals surface area contributed by atoms with Crippen LogP contribution >= 0.6 is 34.9 Å². The van der Waals surface area contributed by atoms with Gasteiger partial charge in [0.2, 0.25) is 0 Å². The highest BCUT2D eigenvalue weighted by molar-refractivity contribution is 7.73. The Morgan fingerprint density at radius 3 is 2.81 bits per heavy atom. The number of thiazole rings is 2. The molecular formula is C19H16N4OS3. The van der Waals surface area contributed by atoms with Crippen molar-refractivity contribution < 1.29 is 0 Å². The Morgan fingerprint density at radius 1 is 1.30 bits per heavy atom. The van der Waals surface area contributed by atoms with E-state index in [2.05, 4.69) is 47.7 Å². The van der Waals surface area contributed by atoms with Crippen LogP contribution in [-0.4, -0.2) is 19.1 Å². The lowest BCUT2D eigenvalue weighted by molar-refractivity contribution is 0.729. The second kappa shape index (κ2) is 7.30. The zero-order valence-corrected chi connectivity index (χ0v) is 17.0. The van der Waals surface area contributed by atoms with Crippen LogP contribution in [0.3, 0.4) is 0 Å². The maximum Gasteiger partial charge on any atom is 0.273 e. The summed E-state index contributed by atoms with van der Waals surface area (Å²) in [6.45, 7) is 6.72. The quantitative estimate of drug-likeness (QED) is 0.353. The van der Waals surface area contributed by atoms with Gasteiger partial charge in [0.25, 0.3) is 5.56 Å². The Kier molecular flexibility index (Phi) is 4.86. The molecule has 0 fully saturated rings. The highest BCUT2D eigenvalue weighted by Gasteiger charge is 2.13. The highest BCUT2D eigenvalue weighted by atomic mass is 32.1. The van der Waals surface area contributed by atoms with Crippen LogP contribution in [0.4, 0.5) is 0 Å². The summed E-state index contributed by atoms with van der Waals surface area (Å²) in [7, 11) is 0. The number of benzene rings is 1. The molecule has 0 unspecified atom stereocenters. The fourth-order valence-electron chi connectivity index (χ4n) is 2.76. The van der Waals surface area contributed by atoms with E-state index in [9.17, 15) is 4.79 Å². The van der Waals surface area contributed by atoms with Crippen molar-refractivity contribution in [3.05, 3.63) is 74.2 Å². The van der Waals surface area contributed by atoms with E-state index in [4.69, 9.17) is 12.2 Å². The number of rotatable bonds is 5. The van der Waals surface area contributed by atoms with Gasteiger partial charge in [-0.15, -0.1) is 17.9 Å². The molecule has 0 aliphatic rings. The van der Waals surface area contributed by atoms with Gasteiger partial charge in [-0.25, -0.2) is 9.97 Å². The van der Waals surface area contributed by atoms with E-state index in [1.165, 1.54) is 16.9 Å². The zero-order chi connectivity index (χ0) is 19.0. The van der Waals surface area contributed by atoms with Crippen molar-refractivity contribution in [2.45, 2.75) is 20.0 Å². The van der Waals surface area contributed by atoms with Crippen molar-refractivity contribution >= 4 is 45.2 Å². The molecule has 4 aromatic rings. The summed E-state index contributed by atoms with van der Waals surface area (Å²) in [5, 5.41) is 2.93. The number of fused-ring (bicyclic) bond motifs is 1. The van der Waals surface area contributed by atoms with Gasteiger partial charge < -0.3 is 4.57 Å². The molecular weight excluding hydrogens is 396 g/mol. The molecule has 0 N–H and O–H groups in total. The SMILES string of the molecule is C=CCn1c(=S)sc2c(=O)n(Cc3csc(-c4ccc(C)cc4)n3)cnc21. The van der Waals surface area contributed by atoms with Crippen molar-refractivity contribution in [3.8, 4) is 10.6 Å². The minimum Gasteiger partial charge on any atom is -0.304 e. The molecule has 0 atom stereocenters. The molecule has 27 heavy (non-hydrogen) atoms. The Labute approximate surface area is 168 Å². The Hall–Kier alpha value is -2.42. The van der Waals surface area contributed by atoms with Crippen LogP contribution < -0.4 is 5.56 Å². The second-order valence-electron chi connectivity index (χ2n) is 6.11. The molecule has 0 saturated heterocycles. The fourth-order valence-corrected chi connectivity index (χ4v) is 4.89. The van der Waals surface area contributed by atoms with Gasteiger partial charge in [-0.1, -0.05) is 47.2 Å². The largest absolute Gasteiger partial charge is 0.304 e. The molecule has 8 heteroatoms. The first-order valence-corrected chi connectivity index (χ1v) is 10.4. The molecule has 0 aliphatic carbocycles. The molecule has 0 amide bonds. The maximum absolute atomic E-state index is 12.8. The first-order chi connectivity index (χ1) is 13.1. The van der Waals surface area contributed by atoms with Crippen LogP contribution in [0, 0.1) is 10.9 Å². The summed E-state index contributed by atoms with van der Waals surface area (Å²) in [5.74, 6) is 0. The lowest BCUT2D eigenvalue weighted by Gasteiger charge is -2.04. The van der Waals surface area contributed by atoms with Crippen molar-refractivity contribution in [2.75, 3.05) is 0 Å². The summed E-state index contributed by atoms with van der Waals surface area (Å²) < 4.78 is 4.60. The number of hydrogen-bond acceptors (Lipinski definition) is 6. The molecule has 0 saturated carbocycles. The predicted octanol–water partition coefficient (Wildman–Crippen LogP) is 4.66. The minimum absolute atomic E-state index is 0.0937.